The van der Waals surface area contributed by atoms with E-state index in [1.165, 1.54) is 0 Å². The summed E-state index contributed by atoms with van der Waals surface area (Å²) in [7, 11) is 0. The first-order valence-corrected chi connectivity index (χ1v) is 4.41. The minimum absolute atomic E-state index is 0.259. The molecule has 0 rings (SSSR count). The number of hydrogen-bond acceptors (Lipinski definition) is 3. The molecule has 2 N–H and O–H groups in total. The number of ether oxygens (including phenoxy) is 1. The highest BCUT2D eigenvalue weighted by Gasteiger charge is 1.96. The van der Waals surface area contributed by atoms with Gasteiger partial charge in [0.2, 0.25) is 0 Å². The zero-order chi connectivity index (χ0) is 10.6. The Balaban J connectivity index is 3.23. The van der Waals surface area contributed by atoms with E-state index in [-0.39, 0.29) is 12.6 Å². The van der Waals surface area contributed by atoms with Crippen LogP contribution in [-0.2, 0) is 4.74 Å². The molecule has 7 nitrogen and oxygen atoms in total. The highest BCUT2D eigenvalue weighted by Crippen LogP contribution is 1.72. The fourth-order valence-corrected chi connectivity index (χ4v) is 0.708. The normalized spacial score (nSPS) is 8.93. The minimum atomic E-state index is -0.280. The van der Waals surface area contributed by atoms with Crippen molar-refractivity contribution in [1.29, 1.82) is 0 Å². The Bertz CT molecular complexity index is 202. The van der Waals surface area contributed by atoms with Gasteiger partial charge in [-0.3, -0.25) is 0 Å². The number of nitrogens with zero attached hydrogens (tertiary/aromatic N) is 3. The summed E-state index contributed by atoms with van der Waals surface area (Å²) in [6, 6.07) is -0.280. The molecule has 80 valence electrons. The predicted molar refractivity (Wildman–Crippen MR) is 51.9 cm³/mol. The molecule has 14 heavy (non-hydrogen) atoms. The summed E-state index contributed by atoms with van der Waals surface area (Å²) in [6.45, 7) is 4.10. The molecule has 0 fully saturated rings. The van der Waals surface area contributed by atoms with Crippen molar-refractivity contribution in [3.8, 4) is 0 Å². The highest BCUT2D eigenvalue weighted by atomic mass is 16.5. The van der Waals surface area contributed by atoms with Gasteiger partial charge in [0.05, 0.1) is 6.61 Å². The van der Waals surface area contributed by atoms with E-state index >= 15 is 0 Å². The molecule has 7 heteroatoms. The number of nitrogens with one attached hydrogen (secondary N) is 2. The standard InChI is InChI=1S/C7H15N5O2/c1-2-14-6-5-10-7(13)9-3-4-11-12-8/h2-6H2,1H3,(H2,9,10,13). The van der Waals surface area contributed by atoms with E-state index in [9.17, 15) is 4.79 Å². The van der Waals surface area contributed by atoms with Crippen LogP contribution >= 0.6 is 0 Å². The summed E-state index contributed by atoms with van der Waals surface area (Å²) in [5.41, 5.74) is 7.95. The summed E-state index contributed by atoms with van der Waals surface area (Å²) in [4.78, 5) is 13.5. The SMILES string of the molecule is CCOCCNC(=O)NCCN=[N+]=[N-]. The molecule has 0 unspecified atom stereocenters. The number of carbonyl (C=O) groups is 1. The Morgan fingerprint density at radius 3 is 2.86 bits per heavy atom. The van der Waals surface area contributed by atoms with Crippen LogP contribution in [0.3, 0.4) is 0 Å². The molecule has 0 saturated carbocycles. The van der Waals surface area contributed by atoms with Crippen LogP contribution < -0.4 is 10.6 Å². The van der Waals surface area contributed by atoms with E-state index in [0.717, 1.165) is 0 Å². The Kier molecular flexibility index (Phi) is 8.62. The first kappa shape index (κ1) is 12.5. The van der Waals surface area contributed by atoms with Crippen molar-refractivity contribution >= 4 is 6.03 Å². The van der Waals surface area contributed by atoms with Crippen LogP contribution in [0.15, 0.2) is 5.11 Å². The number of urea groups is 1. The number of azide groups is 1. The molecule has 0 aliphatic rings. The zero-order valence-corrected chi connectivity index (χ0v) is 8.19. The third-order valence-corrected chi connectivity index (χ3v) is 1.30. The second-order valence-corrected chi connectivity index (χ2v) is 2.33. The average molecular weight is 201 g/mol. The molecule has 0 saturated heterocycles. The maximum atomic E-state index is 11.0. The molecule has 0 aromatic heterocycles. The van der Waals surface area contributed by atoms with Gasteiger partial charge >= 0.3 is 6.03 Å². The van der Waals surface area contributed by atoms with Crippen LogP contribution in [0.5, 0.6) is 0 Å². The van der Waals surface area contributed by atoms with E-state index in [1.807, 2.05) is 6.92 Å². The summed E-state index contributed by atoms with van der Waals surface area (Å²) >= 11 is 0. The van der Waals surface area contributed by atoms with Gasteiger partial charge in [-0.1, -0.05) is 5.11 Å². The molecular weight excluding hydrogens is 186 g/mol. The van der Waals surface area contributed by atoms with Gasteiger partial charge < -0.3 is 15.4 Å². The highest BCUT2D eigenvalue weighted by molar-refractivity contribution is 5.73. The van der Waals surface area contributed by atoms with Crippen molar-refractivity contribution in [2.75, 3.05) is 32.8 Å². The average Bonchev–Trinajstić information content (AvgIpc) is 2.19. The summed E-state index contributed by atoms with van der Waals surface area (Å²) in [6.07, 6.45) is 0. The lowest BCUT2D eigenvalue weighted by atomic mass is 10.6. The van der Waals surface area contributed by atoms with E-state index in [0.29, 0.717) is 26.3 Å². The maximum Gasteiger partial charge on any atom is 0.314 e. The van der Waals surface area contributed by atoms with Crippen molar-refractivity contribution in [2.24, 2.45) is 5.11 Å². The van der Waals surface area contributed by atoms with Gasteiger partial charge in [0.25, 0.3) is 0 Å². The first-order valence-electron chi connectivity index (χ1n) is 4.41. The van der Waals surface area contributed by atoms with Crippen molar-refractivity contribution < 1.29 is 9.53 Å². The van der Waals surface area contributed by atoms with Crippen molar-refractivity contribution in [1.82, 2.24) is 10.6 Å². The van der Waals surface area contributed by atoms with E-state index in [4.69, 9.17) is 10.3 Å². The lowest BCUT2D eigenvalue weighted by Crippen LogP contribution is -2.38. The third kappa shape index (κ3) is 8.63. The maximum absolute atomic E-state index is 11.0. The molecule has 2 amide bonds. The first-order chi connectivity index (χ1) is 6.81. The Labute approximate surface area is 82.4 Å². The van der Waals surface area contributed by atoms with Crippen LogP contribution in [0.1, 0.15) is 6.92 Å². The van der Waals surface area contributed by atoms with Gasteiger partial charge in [-0.2, -0.15) is 0 Å². The molecule has 0 aliphatic heterocycles. The second kappa shape index (κ2) is 9.63. The number of hydrogen-bond donors (Lipinski definition) is 2. The van der Waals surface area contributed by atoms with Gasteiger partial charge in [0.15, 0.2) is 0 Å². The zero-order valence-electron chi connectivity index (χ0n) is 8.19. The van der Waals surface area contributed by atoms with E-state index in [2.05, 4.69) is 20.7 Å². The van der Waals surface area contributed by atoms with Crippen LogP contribution in [0, 0.1) is 0 Å². The molecule has 0 aliphatic carbocycles. The largest absolute Gasteiger partial charge is 0.380 e. The van der Waals surface area contributed by atoms with Gasteiger partial charge in [0.1, 0.15) is 0 Å². The van der Waals surface area contributed by atoms with E-state index in [1.54, 1.807) is 0 Å². The molecular formula is C7H15N5O2. The van der Waals surface area contributed by atoms with Crippen molar-refractivity contribution in [2.45, 2.75) is 6.92 Å². The Morgan fingerprint density at radius 2 is 2.21 bits per heavy atom. The third-order valence-electron chi connectivity index (χ3n) is 1.30. The quantitative estimate of drug-likeness (QED) is 0.273. The molecule has 0 heterocycles. The molecule has 0 bridgehead atoms. The smallest absolute Gasteiger partial charge is 0.314 e. The summed E-state index contributed by atoms with van der Waals surface area (Å²) in [5, 5.41) is 8.38. The van der Waals surface area contributed by atoms with Crippen LogP contribution in [0.2, 0.25) is 0 Å². The monoisotopic (exact) mass is 201 g/mol. The lowest BCUT2D eigenvalue weighted by Gasteiger charge is -2.05. The fourth-order valence-electron chi connectivity index (χ4n) is 0.708. The number of amides is 2. The molecule has 0 aromatic rings. The van der Waals surface area contributed by atoms with Gasteiger partial charge in [-0.05, 0) is 12.5 Å². The fraction of sp³-hybridized carbons (Fsp3) is 0.857. The van der Waals surface area contributed by atoms with Gasteiger partial charge in [-0.25, -0.2) is 4.79 Å². The summed E-state index contributed by atoms with van der Waals surface area (Å²) in [5.74, 6) is 0. The number of carbonyl (C=O) groups excluding carboxylic acids is 1. The predicted octanol–water partition coefficient (Wildman–Crippen LogP) is 0.632. The van der Waals surface area contributed by atoms with Gasteiger partial charge in [-0.15, -0.1) is 0 Å². The molecule has 0 radical (unpaired) electrons. The van der Waals surface area contributed by atoms with Crippen LogP contribution in [-0.4, -0.2) is 38.9 Å². The molecule has 0 aromatic carbocycles. The van der Waals surface area contributed by atoms with Gasteiger partial charge in [0, 0.05) is 31.2 Å². The second-order valence-electron chi connectivity index (χ2n) is 2.33. The minimum Gasteiger partial charge on any atom is -0.380 e. The topological polar surface area (TPSA) is 99.1 Å². The van der Waals surface area contributed by atoms with Crippen LogP contribution in [0.4, 0.5) is 4.79 Å². The lowest BCUT2D eigenvalue weighted by molar-refractivity contribution is 0.149. The number of rotatable bonds is 7. The Morgan fingerprint density at radius 1 is 1.50 bits per heavy atom. The molecule has 0 spiro atoms. The van der Waals surface area contributed by atoms with Crippen LogP contribution in [0.25, 0.3) is 10.4 Å². The Hall–Kier alpha value is -1.46. The van der Waals surface area contributed by atoms with Crippen molar-refractivity contribution in [3.63, 3.8) is 0 Å². The molecule has 0 atom stereocenters. The van der Waals surface area contributed by atoms with E-state index < -0.39 is 0 Å². The summed E-state index contributed by atoms with van der Waals surface area (Å²) < 4.78 is 5.02. The van der Waals surface area contributed by atoms with Crippen molar-refractivity contribution in [3.05, 3.63) is 10.4 Å².